The Morgan fingerprint density at radius 2 is 1.70 bits per heavy atom. The van der Waals surface area contributed by atoms with Gasteiger partial charge in [-0.25, -0.2) is 0 Å². The molecule has 0 fully saturated rings. The lowest BCUT2D eigenvalue weighted by Gasteiger charge is -2.16. The number of likely N-dealkylation sites (N-methyl/N-ethyl adjacent to an activating group) is 1. The Morgan fingerprint density at radius 1 is 1.05 bits per heavy atom. The van der Waals surface area contributed by atoms with Gasteiger partial charge in [-0.1, -0.05) is 38.1 Å². The van der Waals surface area contributed by atoms with Crippen LogP contribution in [0, 0.1) is 13.8 Å². The molecule has 1 aromatic heterocycles. The van der Waals surface area contributed by atoms with Crippen LogP contribution < -0.4 is 5.32 Å². The normalized spacial score (nSPS) is 12.6. The summed E-state index contributed by atoms with van der Waals surface area (Å²) in [6.07, 6.45) is 2.18. The zero-order valence-electron chi connectivity index (χ0n) is 13.0. The average Bonchev–Trinajstić information content (AvgIpc) is 2.79. The number of aryl methyl sites for hydroxylation is 3. The topological polar surface area (TPSA) is 12.0 Å². The fourth-order valence-corrected chi connectivity index (χ4v) is 3.56. The minimum atomic E-state index is 0.435. The van der Waals surface area contributed by atoms with Gasteiger partial charge >= 0.3 is 0 Å². The summed E-state index contributed by atoms with van der Waals surface area (Å²) >= 11 is 1.93. The van der Waals surface area contributed by atoms with Crippen LogP contribution in [0.15, 0.2) is 30.3 Å². The van der Waals surface area contributed by atoms with Gasteiger partial charge in [0.1, 0.15) is 0 Å². The number of rotatable bonds is 6. The summed E-state index contributed by atoms with van der Waals surface area (Å²) in [7, 11) is 0. The lowest BCUT2D eigenvalue weighted by molar-refractivity contribution is 0.558. The molecule has 1 heterocycles. The van der Waals surface area contributed by atoms with Crippen molar-refractivity contribution in [1.82, 2.24) is 5.32 Å². The van der Waals surface area contributed by atoms with Crippen LogP contribution in [0.4, 0.5) is 0 Å². The maximum atomic E-state index is 3.63. The van der Waals surface area contributed by atoms with Gasteiger partial charge in [0.25, 0.3) is 0 Å². The van der Waals surface area contributed by atoms with Crippen molar-refractivity contribution in [1.29, 1.82) is 0 Å². The van der Waals surface area contributed by atoms with E-state index in [0.717, 1.165) is 19.4 Å². The van der Waals surface area contributed by atoms with Gasteiger partial charge in [0.2, 0.25) is 0 Å². The van der Waals surface area contributed by atoms with Crippen LogP contribution in [0.1, 0.15) is 46.3 Å². The predicted molar refractivity (Wildman–Crippen MR) is 89.7 cm³/mol. The van der Waals surface area contributed by atoms with Crippen LogP contribution in [0.3, 0.4) is 0 Å². The van der Waals surface area contributed by atoms with Crippen molar-refractivity contribution < 1.29 is 0 Å². The van der Waals surface area contributed by atoms with E-state index in [4.69, 9.17) is 0 Å². The maximum absolute atomic E-state index is 3.63. The Bertz CT molecular complexity index is 520. The summed E-state index contributed by atoms with van der Waals surface area (Å²) in [5.41, 5.74) is 4.24. The molecule has 0 spiro atoms. The first-order valence-electron chi connectivity index (χ1n) is 7.52. The largest absolute Gasteiger partial charge is 0.309 e. The van der Waals surface area contributed by atoms with Gasteiger partial charge in [-0.15, -0.1) is 11.3 Å². The monoisotopic (exact) mass is 287 g/mol. The van der Waals surface area contributed by atoms with Crippen LogP contribution in [0.2, 0.25) is 0 Å². The molecular formula is C18H25NS. The number of hydrogen-bond donors (Lipinski definition) is 1. The van der Waals surface area contributed by atoms with E-state index in [2.05, 4.69) is 63.3 Å². The first kappa shape index (κ1) is 15.3. The van der Waals surface area contributed by atoms with Gasteiger partial charge in [0.15, 0.2) is 0 Å². The fraction of sp³-hybridized carbons (Fsp3) is 0.444. The highest BCUT2D eigenvalue weighted by Gasteiger charge is 2.14. The van der Waals surface area contributed by atoms with Crippen LogP contribution in [-0.4, -0.2) is 6.54 Å². The molecule has 1 nitrogen and oxygen atoms in total. The molecule has 0 amide bonds. The molecule has 0 aliphatic carbocycles. The Balaban J connectivity index is 2.15. The molecule has 2 heteroatoms. The lowest BCUT2D eigenvalue weighted by Crippen LogP contribution is -2.22. The highest BCUT2D eigenvalue weighted by atomic mass is 32.1. The summed E-state index contributed by atoms with van der Waals surface area (Å²) in [5.74, 6) is 0. The van der Waals surface area contributed by atoms with Crippen molar-refractivity contribution >= 4 is 11.3 Å². The summed E-state index contributed by atoms with van der Waals surface area (Å²) in [6.45, 7) is 9.80. The van der Waals surface area contributed by atoms with Gasteiger partial charge in [-0.2, -0.15) is 0 Å². The van der Waals surface area contributed by atoms with Crippen LogP contribution in [0.5, 0.6) is 0 Å². The molecule has 0 aliphatic heterocycles. The van der Waals surface area contributed by atoms with Gasteiger partial charge in [-0.05, 0) is 56.0 Å². The van der Waals surface area contributed by atoms with Gasteiger partial charge < -0.3 is 5.32 Å². The zero-order chi connectivity index (χ0) is 14.5. The Morgan fingerprint density at radius 3 is 2.20 bits per heavy atom. The number of nitrogens with one attached hydrogen (secondary N) is 1. The second-order valence-electron chi connectivity index (χ2n) is 5.37. The second kappa shape index (κ2) is 7.05. The Hall–Kier alpha value is -1.12. The van der Waals surface area contributed by atoms with E-state index in [-0.39, 0.29) is 0 Å². The molecule has 0 bridgehead atoms. The van der Waals surface area contributed by atoms with Crippen molar-refractivity contribution in [2.75, 3.05) is 6.54 Å². The van der Waals surface area contributed by atoms with Crippen molar-refractivity contribution in [3.05, 3.63) is 56.8 Å². The van der Waals surface area contributed by atoms with Crippen molar-refractivity contribution in [3.63, 3.8) is 0 Å². The molecule has 108 valence electrons. The summed E-state index contributed by atoms with van der Waals surface area (Å²) in [4.78, 5) is 2.89. The molecule has 1 aromatic carbocycles. The average molecular weight is 287 g/mol. The van der Waals surface area contributed by atoms with Crippen LogP contribution >= 0.6 is 11.3 Å². The molecule has 2 aromatic rings. The highest BCUT2D eigenvalue weighted by Crippen LogP contribution is 2.28. The SMILES string of the molecule is CCNC(Cc1ccc(CC)cc1)c1cc(C)c(C)s1. The zero-order valence-corrected chi connectivity index (χ0v) is 13.8. The minimum Gasteiger partial charge on any atom is -0.309 e. The maximum Gasteiger partial charge on any atom is 0.0455 e. The van der Waals surface area contributed by atoms with E-state index < -0.39 is 0 Å². The summed E-state index contributed by atoms with van der Waals surface area (Å²) < 4.78 is 0. The van der Waals surface area contributed by atoms with E-state index in [1.807, 2.05) is 11.3 Å². The molecule has 1 unspecified atom stereocenters. The van der Waals surface area contributed by atoms with Gasteiger partial charge in [0.05, 0.1) is 0 Å². The van der Waals surface area contributed by atoms with Crippen molar-refractivity contribution in [2.45, 2.75) is 46.6 Å². The third-order valence-electron chi connectivity index (χ3n) is 3.85. The van der Waals surface area contributed by atoms with Crippen molar-refractivity contribution in [2.24, 2.45) is 0 Å². The second-order valence-corrected chi connectivity index (χ2v) is 6.66. The van der Waals surface area contributed by atoms with Crippen molar-refractivity contribution in [3.8, 4) is 0 Å². The smallest absolute Gasteiger partial charge is 0.0455 e. The summed E-state index contributed by atoms with van der Waals surface area (Å²) in [5, 5.41) is 3.63. The molecule has 0 saturated heterocycles. The quantitative estimate of drug-likeness (QED) is 0.803. The molecule has 0 radical (unpaired) electrons. The van der Waals surface area contributed by atoms with E-state index in [1.165, 1.54) is 26.4 Å². The highest BCUT2D eigenvalue weighted by molar-refractivity contribution is 7.12. The first-order chi connectivity index (χ1) is 9.63. The van der Waals surface area contributed by atoms with Crippen LogP contribution in [0.25, 0.3) is 0 Å². The standard InChI is InChI=1S/C18H25NS/c1-5-15-7-9-16(10-8-15)12-17(19-6-2)18-11-13(3)14(4)20-18/h7-11,17,19H,5-6,12H2,1-4H3. The molecule has 1 atom stereocenters. The minimum absolute atomic E-state index is 0.435. The number of hydrogen-bond acceptors (Lipinski definition) is 2. The first-order valence-corrected chi connectivity index (χ1v) is 8.33. The van der Waals surface area contributed by atoms with E-state index in [9.17, 15) is 0 Å². The van der Waals surface area contributed by atoms with E-state index in [0.29, 0.717) is 6.04 Å². The number of thiophene rings is 1. The summed E-state index contributed by atoms with van der Waals surface area (Å²) in [6, 6.07) is 11.8. The van der Waals surface area contributed by atoms with E-state index >= 15 is 0 Å². The Kier molecular flexibility index (Phi) is 5.38. The Labute approximate surface area is 127 Å². The third-order valence-corrected chi connectivity index (χ3v) is 5.12. The predicted octanol–water partition coefficient (Wildman–Crippen LogP) is 4.82. The number of benzene rings is 1. The van der Waals surface area contributed by atoms with Gasteiger partial charge in [0, 0.05) is 15.8 Å². The van der Waals surface area contributed by atoms with Gasteiger partial charge in [-0.3, -0.25) is 0 Å². The molecule has 20 heavy (non-hydrogen) atoms. The van der Waals surface area contributed by atoms with Crippen LogP contribution in [-0.2, 0) is 12.8 Å². The van der Waals surface area contributed by atoms with E-state index in [1.54, 1.807) is 0 Å². The molecular weight excluding hydrogens is 262 g/mol. The molecule has 0 aliphatic rings. The molecule has 1 N–H and O–H groups in total. The fourth-order valence-electron chi connectivity index (χ4n) is 2.44. The molecule has 0 saturated carbocycles. The lowest BCUT2D eigenvalue weighted by atomic mass is 10.0. The molecule has 2 rings (SSSR count). The third kappa shape index (κ3) is 3.71.